The first-order valence-electron chi connectivity index (χ1n) is 7.32. The van der Waals surface area contributed by atoms with Gasteiger partial charge in [0.2, 0.25) is 0 Å². The number of carboxylic acid groups (broad SMARTS) is 1. The molecular weight excluding hydrogens is 276 g/mol. The van der Waals surface area contributed by atoms with E-state index in [1.165, 1.54) is 0 Å². The molecule has 0 aromatic rings. The highest BCUT2D eigenvalue weighted by Gasteiger charge is 2.22. The van der Waals surface area contributed by atoms with Crippen LogP contribution in [-0.4, -0.2) is 68.6 Å². The predicted molar refractivity (Wildman–Crippen MR) is 79.4 cm³/mol. The fourth-order valence-electron chi connectivity index (χ4n) is 1.82. The van der Waals surface area contributed by atoms with Crippen molar-refractivity contribution in [1.82, 2.24) is 10.2 Å². The van der Waals surface area contributed by atoms with E-state index in [0.717, 1.165) is 12.8 Å². The molecule has 0 rings (SSSR count). The van der Waals surface area contributed by atoms with Crippen molar-refractivity contribution in [2.24, 2.45) is 0 Å². The first-order valence-corrected chi connectivity index (χ1v) is 7.32. The molecule has 7 heteroatoms. The monoisotopic (exact) mass is 304 g/mol. The average Bonchev–Trinajstić information content (AvgIpc) is 2.46. The molecule has 7 nitrogen and oxygen atoms in total. The molecule has 0 bridgehead atoms. The number of hydrogen-bond acceptors (Lipinski definition) is 4. The first-order chi connectivity index (χ1) is 10.1. The van der Waals surface area contributed by atoms with E-state index >= 15 is 0 Å². The molecule has 0 heterocycles. The van der Waals surface area contributed by atoms with Crippen LogP contribution in [0.25, 0.3) is 0 Å². The smallest absolute Gasteiger partial charge is 0.326 e. The maximum atomic E-state index is 12.2. The van der Waals surface area contributed by atoms with E-state index in [1.807, 2.05) is 6.92 Å². The van der Waals surface area contributed by atoms with Crippen molar-refractivity contribution in [2.45, 2.75) is 38.6 Å². The van der Waals surface area contributed by atoms with Gasteiger partial charge in [0.25, 0.3) is 0 Å². The summed E-state index contributed by atoms with van der Waals surface area (Å²) in [5.41, 5.74) is 0. The SMILES string of the molecule is CCCC[C@H](NC(=O)N(CCCOC)CCOC)C(=O)O. The number of hydrogen-bond donors (Lipinski definition) is 2. The average molecular weight is 304 g/mol. The largest absolute Gasteiger partial charge is 0.480 e. The van der Waals surface area contributed by atoms with E-state index in [9.17, 15) is 9.59 Å². The van der Waals surface area contributed by atoms with Crippen LogP contribution in [0, 0.1) is 0 Å². The normalized spacial score (nSPS) is 12.0. The van der Waals surface area contributed by atoms with E-state index in [0.29, 0.717) is 39.1 Å². The van der Waals surface area contributed by atoms with Gasteiger partial charge in [-0.05, 0) is 12.8 Å². The van der Waals surface area contributed by atoms with Crippen molar-refractivity contribution in [3.63, 3.8) is 0 Å². The van der Waals surface area contributed by atoms with Crippen LogP contribution in [-0.2, 0) is 14.3 Å². The summed E-state index contributed by atoms with van der Waals surface area (Å²) in [5.74, 6) is -1.000. The van der Waals surface area contributed by atoms with Gasteiger partial charge in [-0.2, -0.15) is 0 Å². The maximum absolute atomic E-state index is 12.2. The molecule has 0 unspecified atom stereocenters. The lowest BCUT2D eigenvalue weighted by Gasteiger charge is -2.25. The summed E-state index contributed by atoms with van der Waals surface area (Å²) in [6, 6.07) is -1.21. The van der Waals surface area contributed by atoms with E-state index in [1.54, 1.807) is 19.1 Å². The summed E-state index contributed by atoms with van der Waals surface area (Å²) >= 11 is 0. The summed E-state index contributed by atoms with van der Waals surface area (Å²) in [5, 5.41) is 11.7. The van der Waals surface area contributed by atoms with Gasteiger partial charge in [-0.1, -0.05) is 19.8 Å². The second kappa shape index (κ2) is 12.4. The zero-order valence-electron chi connectivity index (χ0n) is 13.3. The van der Waals surface area contributed by atoms with E-state index in [-0.39, 0.29) is 6.03 Å². The van der Waals surface area contributed by atoms with Gasteiger partial charge in [-0.25, -0.2) is 9.59 Å². The number of carboxylic acids is 1. The highest BCUT2D eigenvalue weighted by molar-refractivity contribution is 5.82. The van der Waals surface area contributed by atoms with Gasteiger partial charge in [0, 0.05) is 33.9 Å². The molecule has 124 valence electrons. The zero-order valence-corrected chi connectivity index (χ0v) is 13.3. The number of unbranched alkanes of at least 4 members (excludes halogenated alkanes) is 1. The molecule has 0 saturated carbocycles. The number of urea groups is 1. The molecule has 0 aliphatic rings. The Hall–Kier alpha value is -1.34. The molecule has 0 saturated heterocycles. The van der Waals surface area contributed by atoms with E-state index in [2.05, 4.69) is 5.32 Å². The Morgan fingerprint density at radius 2 is 1.81 bits per heavy atom. The van der Waals surface area contributed by atoms with Crippen molar-refractivity contribution >= 4 is 12.0 Å². The molecule has 21 heavy (non-hydrogen) atoms. The van der Waals surface area contributed by atoms with Gasteiger partial charge >= 0.3 is 12.0 Å². The Kier molecular flexibility index (Phi) is 11.6. The van der Waals surface area contributed by atoms with Gasteiger partial charge in [0.15, 0.2) is 0 Å². The molecule has 0 spiro atoms. The van der Waals surface area contributed by atoms with Crippen LogP contribution in [0.15, 0.2) is 0 Å². The third-order valence-corrected chi connectivity index (χ3v) is 3.07. The summed E-state index contributed by atoms with van der Waals surface area (Å²) in [6.45, 7) is 3.87. The quantitative estimate of drug-likeness (QED) is 0.531. The second-order valence-electron chi connectivity index (χ2n) is 4.81. The number of aliphatic carboxylic acids is 1. The predicted octanol–water partition coefficient (Wildman–Crippen LogP) is 1.32. The van der Waals surface area contributed by atoms with Crippen LogP contribution >= 0.6 is 0 Å². The molecule has 0 aromatic carbocycles. The number of amides is 2. The molecule has 0 fully saturated rings. The van der Waals surface area contributed by atoms with Crippen molar-refractivity contribution in [3.05, 3.63) is 0 Å². The Morgan fingerprint density at radius 3 is 2.33 bits per heavy atom. The lowest BCUT2D eigenvalue weighted by Crippen LogP contribution is -2.49. The van der Waals surface area contributed by atoms with Crippen molar-refractivity contribution in [1.29, 1.82) is 0 Å². The van der Waals surface area contributed by atoms with Crippen molar-refractivity contribution in [2.75, 3.05) is 40.5 Å². The van der Waals surface area contributed by atoms with Crippen LogP contribution in [0.2, 0.25) is 0 Å². The van der Waals surface area contributed by atoms with Gasteiger partial charge in [0.05, 0.1) is 6.61 Å². The van der Waals surface area contributed by atoms with Gasteiger partial charge < -0.3 is 24.8 Å². The minimum absolute atomic E-state index is 0.369. The summed E-state index contributed by atoms with van der Waals surface area (Å²) in [7, 11) is 3.16. The van der Waals surface area contributed by atoms with Crippen molar-refractivity contribution in [3.8, 4) is 0 Å². The van der Waals surface area contributed by atoms with Crippen LogP contribution < -0.4 is 5.32 Å². The molecular formula is C14H28N2O5. The minimum Gasteiger partial charge on any atom is -0.480 e. The van der Waals surface area contributed by atoms with Gasteiger partial charge in [-0.3, -0.25) is 0 Å². The number of nitrogens with zero attached hydrogens (tertiary/aromatic N) is 1. The summed E-state index contributed by atoms with van der Waals surface area (Å²) in [6.07, 6.45) is 2.79. The Balaban J connectivity index is 4.48. The number of carbonyl (C=O) groups excluding carboxylic acids is 1. The lowest BCUT2D eigenvalue weighted by molar-refractivity contribution is -0.139. The first kappa shape index (κ1) is 19.7. The van der Waals surface area contributed by atoms with Crippen LogP contribution in [0.1, 0.15) is 32.6 Å². The van der Waals surface area contributed by atoms with Gasteiger partial charge in [-0.15, -0.1) is 0 Å². The van der Waals surface area contributed by atoms with Gasteiger partial charge in [0.1, 0.15) is 6.04 Å². The summed E-state index contributed by atoms with van der Waals surface area (Å²) in [4.78, 5) is 24.9. The van der Waals surface area contributed by atoms with Crippen LogP contribution in [0.4, 0.5) is 4.79 Å². The van der Waals surface area contributed by atoms with Crippen LogP contribution in [0.3, 0.4) is 0 Å². The van der Waals surface area contributed by atoms with E-state index in [4.69, 9.17) is 14.6 Å². The number of ether oxygens (including phenoxy) is 2. The van der Waals surface area contributed by atoms with E-state index < -0.39 is 12.0 Å². The molecule has 0 aliphatic heterocycles. The Morgan fingerprint density at radius 1 is 1.14 bits per heavy atom. The molecule has 0 aromatic heterocycles. The number of carbonyl (C=O) groups is 2. The zero-order chi connectivity index (χ0) is 16.1. The highest BCUT2D eigenvalue weighted by Crippen LogP contribution is 2.03. The molecule has 0 radical (unpaired) electrons. The Bertz CT molecular complexity index is 299. The number of methoxy groups -OCH3 is 2. The number of rotatable bonds is 12. The molecule has 1 atom stereocenters. The molecule has 0 aliphatic carbocycles. The highest BCUT2D eigenvalue weighted by atomic mass is 16.5. The third kappa shape index (κ3) is 9.25. The lowest BCUT2D eigenvalue weighted by atomic mass is 10.1. The third-order valence-electron chi connectivity index (χ3n) is 3.07. The molecule has 2 amide bonds. The Labute approximate surface area is 126 Å². The standard InChI is InChI=1S/C14H28N2O5/c1-4-5-7-12(13(17)18)15-14(19)16(9-11-21-3)8-6-10-20-2/h12H,4-11H2,1-3H3,(H,15,19)(H,17,18)/t12-/m0/s1. The maximum Gasteiger partial charge on any atom is 0.326 e. The number of nitrogens with one attached hydrogen (secondary N) is 1. The summed E-state index contributed by atoms with van der Waals surface area (Å²) < 4.78 is 9.94. The van der Waals surface area contributed by atoms with Crippen molar-refractivity contribution < 1.29 is 24.2 Å². The second-order valence-corrected chi connectivity index (χ2v) is 4.81. The minimum atomic E-state index is -1.000. The van der Waals surface area contributed by atoms with Crippen LogP contribution in [0.5, 0.6) is 0 Å². The topological polar surface area (TPSA) is 88.1 Å². The fraction of sp³-hybridized carbons (Fsp3) is 0.857. The fourth-order valence-corrected chi connectivity index (χ4v) is 1.82. The molecule has 2 N–H and O–H groups in total.